The van der Waals surface area contributed by atoms with Gasteiger partial charge in [0.1, 0.15) is 6.61 Å². The van der Waals surface area contributed by atoms with Gasteiger partial charge >= 0.3 is 5.97 Å². The van der Waals surface area contributed by atoms with E-state index in [-0.39, 0.29) is 12.3 Å². The normalized spacial score (nSPS) is 11.3. The Hall–Kier alpha value is -1.10. The van der Waals surface area contributed by atoms with Crippen molar-refractivity contribution in [3.8, 4) is 0 Å². The lowest BCUT2D eigenvalue weighted by Crippen LogP contribution is -2.09. The van der Waals surface area contributed by atoms with E-state index in [0.717, 1.165) is 0 Å². The van der Waals surface area contributed by atoms with Gasteiger partial charge in [-0.2, -0.15) is 0 Å². The van der Waals surface area contributed by atoms with Crippen LogP contribution < -0.4 is 0 Å². The maximum atomic E-state index is 10.1. The van der Waals surface area contributed by atoms with Crippen molar-refractivity contribution in [3.05, 3.63) is 0 Å². The molecule has 0 aromatic rings. The Morgan fingerprint density at radius 1 is 1.55 bits per heavy atom. The fraction of sp³-hybridized carbons (Fsp3) is 0.667. The minimum Gasteiger partial charge on any atom is -0.477 e. The molecule has 5 nitrogen and oxygen atoms in total. The standard InChI is InChI=1S/C6H11NO4/c1-5(6(8)9)7-11-4-3-10-2/h3-4H2,1-2H3,(H,8,9). The molecule has 0 saturated carbocycles. The number of hydrogen-bond donors (Lipinski definition) is 1. The topological polar surface area (TPSA) is 68.1 Å². The molecule has 0 amide bonds. The van der Waals surface area contributed by atoms with Crippen molar-refractivity contribution in [2.45, 2.75) is 6.92 Å². The lowest BCUT2D eigenvalue weighted by Gasteiger charge is -1.97. The number of carboxylic acids is 1. The number of methoxy groups -OCH3 is 1. The fourth-order valence-corrected chi connectivity index (χ4v) is 0.302. The molecule has 1 N–H and O–H groups in total. The second-order valence-electron chi connectivity index (χ2n) is 1.81. The van der Waals surface area contributed by atoms with Gasteiger partial charge < -0.3 is 14.7 Å². The van der Waals surface area contributed by atoms with E-state index in [2.05, 4.69) is 14.7 Å². The molecule has 0 rings (SSSR count). The quantitative estimate of drug-likeness (QED) is 0.353. The molecule has 5 heteroatoms. The van der Waals surface area contributed by atoms with Crippen LogP contribution in [-0.4, -0.2) is 37.1 Å². The number of rotatable bonds is 5. The third kappa shape index (κ3) is 5.35. The molecule has 0 bridgehead atoms. The van der Waals surface area contributed by atoms with Crippen LogP contribution in [0.3, 0.4) is 0 Å². The molecular formula is C6H11NO4. The van der Waals surface area contributed by atoms with Crippen LogP contribution in [0.2, 0.25) is 0 Å². The van der Waals surface area contributed by atoms with Gasteiger partial charge in [0.25, 0.3) is 0 Å². The molecule has 0 atom stereocenters. The SMILES string of the molecule is COCCON=C(C)C(=O)O. The van der Waals surface area contributed by atoms with Gasteiger partial charge in [-0.15, -0.1) is 0 Å². The summed E-state index contributed by atoms with van der Waals surface area (Å²) in [6, 6.07) is 0. The van der Waals surface area contributed by atoms with E-state index in [1.54, 1.807) is 0 Å². The maximum Gasteiger partial charge on any atom is 0.353 e. The Bertz CT molecular complexity index is 155. The van der Waals surface area contributed by atoms with E-state index >= 15 is 0 Å². The first-order valence-corrected chi connectivity index (χ1v) is 3.07. The predicted octanol–water partition coefficient (Wildman–Crippen LogP) is 0.110. The molecule has 0 heterocycles. The second kappa shape index (κ2) is 5.67. The number of oxime groups is 1. The molecule has 0 aliphatic carbocycles. The van der Waals surface area contributed by atoms with Gasteiger partial charge in [0.15, 0.2) is 5.71 Å². The third-order valence-electron chi connectivity index (χ3n) is 0.890. The Balaban J connectivity index is 3.48. The van der Waals surface area contributed by atoms with Gasteiger partial charge in [-0.3, -0.25) is 0 Å². The molecule has 0 aliphatic heterocycles. The Kier molecular flexibility index (Phi) is 5.10. The molecule has 0 radical (unpaired) electrons. The maximum absolute atomic E-state index is 10.1. The summed E-state index contributed by atoms with van der Waals surface area (Å²) >= 11 is 0. The zero-order valence-corrected chi connectivity index (χ0v) is 6.53. The summed E-state index contributed by atoms with van der Waals surface area (Å²) in [5.41, 5.74) is -0.0684. The highest BCUT2D eigenvalue weighted by atomic mass is 16.6. The number of aliphatic carboxylic acids is 1. The van der Waals surface area contributed by atoms with Crippen molar-refractivity contribution in [2.75, 3.05) is 20.3 Å². The van der Waals surface area contributed by atoms with E-state index in [4.69, 9.17) is 5.11 Å². The molecule has 0 aliphatic rings. The molecule has 0 saturated heterocycles. The van der Waals surface area contributed by atoms with Crippen LogP contribution in [0.25, 0.3) is 0 Å². The number of nitrogens with zero attached hydrogens (tertiary/aromatic N) is 1. The highest BCUT2D eigenvalue weighted by molar-refractivity contribution is 6.34. The first-order valence-electron chi connectivity index (χ1n) is 3.07. The third-order valence-corrected chi connectivity index (χ3v) is 0.890. The summed E-state index contributed by atoms with van der Waals surface area (Å²) in [6.45, 7) is 2.02. The average molecular weight is 161 g/mol. The van der Waals surface area contributed by atoms with Crippen LogP contribution in [0.15, 0.2) is 5.16 Å². The fourth-order valence-electron chi connectivity index (χ4n) is 0.302. The molecule has 11 heavy (non-hydrogen) atoms. The van der Waals surface area contributed by atoms with Gasteiger partial charge in [0, 0.05) is 7.11 Å². The van der Waals surface area contributed by atoms with E-state index in [1.165, 1.54) is 14.0 Å². The number of hydrogen-bond acceptors (Lipinski definition) is 4. The van der Waals surface area contributed by atoms with Gasteiger partial charge in [-0.1, -0.05) is 5.16 Å². The van der Waals surface area contributed by atoms with Crippen LogP contribution in [0.4, 0.5) is 0 Å². The summed E-state index contributed by atoms with van der Waals surface area (Å²) in [4.78, 5) is 14.7. The summed E-state index contributed by atoms with van der Waals surface area (Å²) in [7, 11) is 1.52. The average Bonchev–Trinajstić information content (AvgIpc) is 1.97. The molecule has 0 aromatic heterocycles. The summed E-state index contributed by atoms with van der Waals surface area (Å²) in [6.07, 6.45) is 0. The van der Waals surface area contributed by atoms with Gasteiger partial charge in [0.2, 0.25) is 0 Å². The highest BCUT2D eigenvalue weighted by Crippen LogP contribution is 1.81. The zero-order chi connectivity index (χ0) is 8.69. The van der Waals surface area contributed by atoms with Crippen molar-refractivity contribution in [1.29, 1.82) is 0 Å². The van der Waals surface area contributed by atoms with Crippen molar-refractivity contribution in [2.24, 2.45) is 5.16 Å². The minimum absolute atomic E-state index is 0.0684. The number of ether oxygens (including phenoxy) is 1. The Labute approximate surface area is 64.6 Å². The molecule has 0 spiro atoms. The van der Waals surface area contributed by atoms with E-state index < -0.39 is 5.97 Å². The first kappa shape index (κ1) is 9.90. The van der Waals surface area contributed by atoms with E-state index in [1.807, 2.05) is 0 Å². The van der Waals surface area contributed by atoms with Crippen LogP contribution in [0, 0.1) is 0 Å². The van der Waals surface area contributed by atoms with Gasteiger partial charge in [-0.05, 0) is 6.92 Å². The summed E-state index contributed by atoms with van der Waals surface area (Å²) in [5, 5.41) is 11.6. The van der Waals surface area contributed by atoms with Crippen molar-refractivity contribution in [1.82, 2.24) is 0 Å². The van der Waals surface area contributed by atoms with Crippen LogP contribution in [0.5, 0.6) is 0 Å². The molecule has 0 aromatic carbocycles. The minimum atomic E-state index is -1.08. The highest BCUT2D eigenvalue weighted by Gasteiger charge is 2.00. The van der Waals surface area contributed by atoms with Gasteiger partial charge in [-0.25, -0.2) is 4.79 Å². The zero-order valence-electron chi connectivity index (χ0n) is 6.53. The lowest BCUT2D eigenvalue weighted by atomic mass is 10.4. The van der Waals surface area contributed by atoms with Crippen molar-refractivity contribution in [3.63, 3.8) is 0 Å². The van der Waals surface area contributed by atoms with E-state index in [0.29, 0.717) is 6.61 Å². The molecule has 0 fully saturated rings. The Morgan fingerprint density at radius 2 is 2.18 bits per heavy atom. The van der Waals surface area contributed by atoms with Gasteiger partial charge in [0.05, 0.1) is 6.61 Å². The number of carbonyl (C=O) groups is 1. The summed E-state index contributed by atoms with van der Waals surface area (Å²) in [5.74, 6) is -1.08. The molecular weight excluding hydrogens is 150 g/mol. The first-order chi connectivity index (χ1) is 5.18. The van der Waals surface area contributed by atoms with Crippen molar-refractivity contribution >= 4 is 11.7 Å². The number of carboxylic acid groups (broad SMARTS) is 1. The van der Waals surface area contributed by atoms with Crippen LogP contribution in [0.1, 0.15) is 6.92 Å². The smallest absolute Gasteiger partial charge is 0.353 e. The van der Waals surface area contributed by atoms with Crippen molar-refractivity contribution < 1.29 is 19.5 Å². The predicted molar refractivity (Wildman–Crippen MR) is 38.6 cm³/mol. The second-order valence-corrected chi connectivity index (χ2v) is 1.81. The lowest BCUT2D eigenvalue weighted by molar-refractivity contribution is -0.129. The van der Waals surface area contributed by atoms with Crippen LogP contribution in [-0.2, 0) is 14.4 Å². The monoisotopic (exact) mass is 161 g/mol. The van der Waals surface area contributed by atoms with E-state index in [9.17, 15) is 4.79 Å². The molecule has 64 valence electrons. The molecule has 0 unspecified atom stereocenters. The van der Waals surface area contributed by atoms with Crippen LogP contribution >= 0.6 is 0 Å². The Morgan fingerprint density at radius 3 is 2.64 bits per heavy atom. The summed E-state index contributed by atoms with van der Waals surface area (Å²) < 4.78 is 4.64. The largest absolute Gasteiger partial charge is 0.477 e.